The topological polar surface area (TPSA) is 60.9 Å². The lowest BCUT2D eigenvalue weighted by atomic mass is 10.5. The van der Waals surface area contributed by atoms with Gasteiger partial charge < -0.3 is 9.87 Å². The molecule has 0 aromatic carbocycles. The highest BCUT2D eigenvalue weighted by atomic mass is 32.2. The Morgan fingerprint density at radius 1 is 1.50 bits per heavy atom. The van der Waals surface area contributed by atoms with Crippen LogP contribution < -0.4 is 5.32 Å². The van der Waals surface area contributed by atoms with Gasteiger partial charge in [0.15, 0.2) is 0 Å². The molecular weight excluding hydrogens is 174 g/mol. The predicted molar refractivity (Wildman–Crippen MR) is 48.6 cm³/mol. The lowest BCUT2D eigenvalue weighted by Gasteiger charge is -2.05. The second-order valence-corrected chi connectivity index (χ2v) is 3.70. The predicted octanol–water partition coefficient (Wildman–Crippen LogP) is 0.564. The van der Waals surface area contributed by atoms with E-state index < -0.39 is 11.2 Å². The van der Waals surface area contributed by atoms with Crippen LogP contribution in [0.15, 0.2) is 11.1 Å². The van der Waals surface area contributed by atoms with Crippen LogP contribution in [0, 0.1) is 6.92 Å². The first-order valence-electron chi connectivity index (χ1n) is 3.50. The van der Waals surface area contributed by atoms with Gasteiger partial charge in [-0.1, -0.05) is 0 Å². The molecule has 0 fully saturated rings. The summed E-state index contributed by atoms with van der Waals surface area (Å²) in [6, 6.07) is 1.72. The van der Waals surface area contributed by atoms with Gasteiger partial charge in [0.2, 0.25) is 11.0 Å². The molecule has 1 rings (SSSR count). The molecule has 0 bridgehead atoms. The first-order chi connectivity index (χ1) is 5.63. The van der Waals surface area contributed by atoms with Crippen LogP contribution in [-0.4, -0.2) is 27.8 Å². The maximum atomic E-state index is 11.1. The fourth-order valence-corrected chi connectivity index (χ4v) is 1.35. The molecule has 0 aliphatic carbocycles. The van der Waals surface area contributed by atoms with Gasteiger partial charge >= 0.3 is 0 Å². The van der Waals surface area contributed by atoms with Gasteiger partial charge in [0.05, 0.1) is 0 Å². The first kappa shape index (κ1) is 9.28. The second kappa shape index (κ2) is 3.73. The Balaban J connectivity index is 3.06. The highest BCUT2D eigenvalue weighted by molar-refractivity contribution is 7.90. The van der Waals surface area contributed by atoms with Gasteiger partial charge in [0.1, 0.15) is 6.26 Å². The molecule has 0 saturated carbocycles. The Kier molecular flexibility index (Phi) is 2.88. The van der Waals surface area contributed by atoms with E-state index in [1.165, 1.54) is 0 Å². The molecule has 0 spiro atoms. The van der Waals surface area contributed by atoms with Crippen LogP contribution in [0.1, 0.15) is 5.69 Å². The average molecular weight is 185 g/mol. The quantitative estimate of drug-likeness (QED) is 0.540. The van der Waals surface area contributed by atoms with Crippen molar-refractivity contribution in [2.24, 2.45) is 0 Å². The molecule has 1 unspecified atom stereocenters. The summed E-state index contributed by atoms with van der Waals surface area (Å²) >= 11 is -1.04. The Bertz CT molecular complexity index is 277. The Hall–Kier alpha value is -0.810. The molecule has 1 N–H and O–H groups in total. The van der Waals surface area contributed by atoms with E-state index >= 15 is 0 Å². The van der Waals surface area contributed by atoms with Crippen molar-refractivity contribution in [1.82, 2.24) is 9.97 Å². The number of anilines is 1. The minimum atomic E-state index is -1.04. The van der Waals surface area contributed by atoms with E-state index in [-0.39, 0.29) is 0 Å². The summed E-state index contributed by atoms with van der Waals surface area (Å²) in [5.74, 6) is 0.514. The number of rotatable bonds is 2. The summed E-state index contributed by atoms with van der Waals surface area (Å²) < 4.78 is 11.1. The smallest absolute Gasteiger partial charge is 0.249 e. The molecule has 0 amide bonds. The average Bonchev–Trinajstić information content (AvgIpc) is 2.03. The van der Waals surface area contributed by atoms with E-state index in [9.17, 15) is 4.55 Å². The molecule has 1 atom stereocenters. The third kappa shape index (κ3) is 2.09. The van der Waals surface area contributed by atoms with Crippen molar-refractivity contribution in [2.75, 3.05) is 18.6 Å². The van der Waals surface area contributed by atoms with Crippen LogP contribution in [-0.2, 0) is 11.2 Å². The van der Waals surface area contributed by atoms with E-state index in [1.54, 1.807) is 19.4 Å². The molecule has 0 aliphatic heterocycles. The van der Waals surface area contributed by atoms with Crippen molar-refractivity contribution >= 4 is 17.1 Å². The van der Waals surface area contributed by atoms with Gasteiger partial charge in [0, 0.05) is 30.0 Å². The lowest BCUT2D eigenvalue weighted by Crippen LogP contribution is -2.06. The number of nitrogens with one attached hydrogen (secondary N) is 1. The van der Waals surface area contributed by atoms with E-state index in [0.717, 1.165) is 5.69 Å². The second-order valence-electron chi connectivity index (χ2n) is 2.38. The standard InChI is InChI=1S/C7H11N3OS/c1-5-4-6(12(3)11)10-7(8-2)9-5/h4H,1-3H3,(H,8,9,10). The minimum Gasteiger partial charge on any atom is -0.610 e. The fraction of sp³-hybridized carbons (Fsp3) is 0.429. The van der Waals surface area contributed by atoms with E-state index in [1.807, 2.05) is 6.92 Å². The molecule has 4 nitrogen and oxygen atoms in total. The van der Waals surface area contributed by atoms with Crippen molar-refractivity contribution in [3.8, 4) is 0 Å². The van der Waals surface area contributed by atoms with Gasteiger partial charge in [-0.05, 0) is 6.92 Å². The number of hydrogen-bond donors (Lipinski definition) is 1. The SMILES string of the molecule is CNc1nc(C)cc([S+](C)[O-])n1. The first-order valence-corrected chi connectivity index (χ1v) is 5.06. The van der Waals surface area contributed by atoms with Crippen LogP contribution >= 0.6 is 0 Å². The summed E-state index contributed by atoms with van der Waals surface area (Å²) in [6.07, 6.45) is 1.60. The normalized spacial score (nSPS) is 12.7. The molecule has 1 aromatic rings. The molecule has 0 saturated heterocycles. The third-order valence-electron chi connectivity index (χ3n) is 1.35. The summed E-state index contributed by atoms with van der Waals surface area (Å²) in [5, 5.41) is 3.37. The maximum Gasteiger partial charge on any atom is 0.249 e. The monoisotopic (exact) mass is 185 g/mol. The number of aromatic nitrogens is 2. The zero-order chi connectivity index (χ0) is 9.14. The number of nitrogens with zero attached hydrogens (tertiary/aromatic N) is 2. The summed E-state index contributed by atoms with van der Waals surface area (Å²) in [4.78, 5) is 8.11. The number of aryl methyl sites for hydroxylation is 1. The molecule has 1 heterocycles. The van der Waals surface area contributed by atoms with Crippen molar-refractivity contribution in [3.05, 3.63) is 11.8 Å². The van der Waals surface area contributed by atoms with E-state index in [0.29, 0.717) is 11.0 Å². The van der Waals surface area contributed by atoms with E-state index in [2.05, 4.69) is 15.3 Å². The van der Waals surface area contributed by atoms with Crippen molar-refractivity contribution < 1.29 is 4.55 Å². The van der Waals surface area contributed by atoms with Crippen LogP contribution in [0.5, 0.6) is 0 Å². The summed E-state index contributed by atoms with van der Waals surface area (Å²) in [5.41, 5.74) is 0.819. The molecule has 12 heavy (non-hydrogen) atoms. The van der Waals surface area contributed by atoms with Gasteiger partial charge in [-0.3, -0.25) is 0 Å². The Morgan fingerprint density at radius 2 is 2.17 bits per heavy atom. The van der Waals surface area contributed by atoms with Crippen LogP contribution in [0.4, 0.5) is 5.95 Å². The minimum absolute atomic E-state index is 0.514. The van der Waals surface area contributed by atoms with Crippen molar-refractivity contribution in [2.45, 2.75) is 11.9 Å². The fourth-order valence-electron chi connectivity index (χ4n) is 0.799. The molecule has 0 aliphatic rings. The Morgan fingerprint density at radius 3 is 2.67 bits per heavy atom. The van der Waals surface area contributed by atoms with Crippen LogP contribution in [0.2, 0.25) is 0 Å². The molecule has 0 radical (unpaired) electrons. The number of hydrogen-bond acceptors (Lipinski definition) is 4. The van der Waals surface area contributed by atoms with Gasteiger partial charge in [-0.25, -0.2) is 4.98 Å². The zero-order valence-corrected chi connectivity index (χ0v) is 8.10. The Labute approximate surface area is 74.6 Å². The molecule has 5 heteroatoms. The maximum absolute atomic E-state index is 11.1. The molecule has 1 aromatic heterocycles. The van der Waals surface area contributed by atoms with Gasteiger partial charge in [-0.15, -0.1) is 0 Å². The van der Waals surface area contributed by atoms with E-state index in [4.69, 9.17) is 0 Å². The zero-order valence-electron chi connectivity index (χ0n) is 7.29. The van der Waals surface area contributed by atoms with Gasteiger partial charge in [-0.2, -0.15) is 4.98 Å². The van der Waals surface area contributed by atoms with Crippen LogP contribution in [0.25, 0.3) is 0 Å². The van der Waals surface area contributed by atoms with Crippen molar-refractivity contribution in [3.63, 3.8) is 0 Å². The highest BCUT2D eigenvalue weighted by Crippen LogP contribution is 2.09. The van der Waals surface area contributed by atoms with Gasteiger partial charge in [0.25, 0.3) is 0 Å². The largest absolute Gasteiger partial charge is 0.610 e. The molecular formula is C7H11N3OS. The summed E-state index contributed by atoms with van der Waals surface area (Å²) in [7, 11) is 1.73. The van der Waals surface area contributed by atoms with Crippen molar-refractivity contribution in [1.29, 1.82) is 0 Å². The highest BCUT2D eigenvalue weighted by Gasteiger charge is 2.08. The lowest BCUT2D eigenvalue weighted by molar-refractivity contribution is 0.596. The third-order valence-corrected chi connectivity index (χ3v) is 2.15. The van der Waals surface area contributed by atoms with Crippen LogP contribution in [0.3, 0.4) is 0 Å². The molecule has 66 valence electrons. The summed E-state index contributed by atoms with van der Waals surface area (Å²) in [6.45, 7) is 1.85.